The van der Waals surface area contributed by atoms with Crippen molar-refractivity contribution in [3.8, 4) is 11.5 Å². The van der Waals surface area contributed by atoms with E-state index in [0.29, 0.717) is 11.5 Å². The molecule has 33 heavy (non-hydrogen) atoms. The van der Waals surface area contributed by atoms with E-state index >= 15 is 0 Å². The fourth-order valence-corrected chi connectivity index (χ4v) is 6.33. The van der Waals surface area contributed by atoms with Crippen molar-refractivity contribution in [3.05, 3.63) is 118 Å². The van der Waals surface area contributed by atoms with Gasteiger partial charge in [0.25, 0.3) is 0 Å². The molecule has 1 aliphatic heterocycles. The minimum Gasteiger partial charge on any atom is -0.416 e. The Hall–Kier alpha value is -2.78. The van der Waals surface area contributed by atoms with Crippen molar-refractivity contribution < 1.29 is 13.9 Å². The number of aryl methyl sites for hydroxylation is 2. The zero-order chi connectivity index (χ0) is 22.8. The Morgan fingerprint density at radius 3 is 1.52 bits per heavy atom. The molecule has 0 aliphatic carbocycles. The summed E-state index contributed by atoms with van der Waals surface area (Å²) < 4.78 is 12.1. The maximum Gasteiger partial charge on any atom is 0.460 e. The first-order valence-corrected chi connectivity index (χ1v) is 12.9. The molecule has 3 nitrogen and oxygen atoms in total. The zero-order valence-electron chi connectivity index (χ0n) is 18.6. The highest BCUT2D eigenvalue weighted by Gasteiger charge is 2.26. The Bertz CT molecular complexity index is 1180. The van der Waals surface area contributed by atoms with Crippen LogP contribution >= 0.6 is 20.4 Å². The summed E-state index contributed by atoms with van der Waals surface area (Å²) in [6, 6.07) is 29.2. The summed E-state index contributed by atoms with van der Waals surface area (Å²) in [5, 5.41) is 0. The van der Waals surface area contributed by atoms with E-state index in [2.05, 4.69) is 62.4 Å². The average Bonchev–Trinajstić information content (AvgIpc) is 2.78. The molecule has 1 heterocycles. The molecule has 0 atom stereocenters. The van der Waals surface area contributed by atoms with Crippen molar-refractivity contribution >= 4 is 20.4 Å². The lowest BCUT2D eigenvalue weighted by atomic mass is 10.0. The summed E-state index contributed by atoms with van der Waals surface area (Å²) in [6.45, 7) is 4.20. The summed E-state index contributed by atoms with van der Waals surface area (Å²) in [6.07, 6.45) is 1.46. The van der Waals surface area contributed by atoms with E-state index in [1.165, 1.54) is 22.3 Å². The molecule has 0 unspecified atom stereocenters. The Kier molecular flexibility index (Phi) is 6.41. The summed E-state index contributed by atoms with van der Waals surface area (Å²) in [4.78, 5) is 12.8. The fourth-order valence-electron chi connectivity index (χ4n) is 4.17. The molecule has 4 aromatic rings. The van der Waals surface area contributed by atoms with Gasteiger partial charge in [0.2, 0.25) is 0 Å². The fraction of sp³-hybridized carbons (Fsp3) is 0.143. The molecular weight excluding hydrogens is 447 g/mol. The highest BCUT2D eigenvalue weighted by Crippen LogP contribution is 2.52. The Morgan fingerprint density at radius 2 is 1.09 bits per heavy atom. The van der Waals surface area contributed by atoms with Crippen LogP contribution in [-0.2, 0) is 12.8 Å². The van der Waals surface area contributed by atoms with Gasteiger partial charge in [-0.05, 0) is 48.2 Å². The van der Waals surface area contributed by atoms with Gasteiger partial charge in [-0.3, -0.25) is 0 Å². The summed E-state index contributed by atoms with van der Waals surface area (Å²) in [7, 11) is -2.12. The van der Waals surface area contributed by atoms with Gasteiger partial charge in [0, 0.05) is 24.0 Å². The molecule has 4 aromatic carbocycles. The van der Waals surface area contributed by atoms with Crippen LogP contribution in [0.25, 0.3) is 0 Å². The van der Waals surface area contributed by atoms with E-state index in [0.717, 1.165) is 33.8 Å². The molecule has 0 aromatic heterocycles. The third kappa shape index (κ3) is 5.09. The van der Waals surface area contributed by atoms with Crippen molar-refractivity contribution in [3.63, 3.8) is 0 Å². The van der Waals surface area contributed by atoms with Crippen LogP contribution in [-0.4, -0.2) is 4.89 Å². The number of fused-ring (bicyclic) bond motifs is 2. The Balaban J connectivity index is 1.57. The van der Waals surface area contributed by atoms with Crippen molar-refractivity contribution in [2.24, 2.45) is 0 Å². The number of hydrogen-bond donors (Lipinski definition) is 1. The third-order valence-electron chi connectivity index (χ3n) is 5.59. The van der Waals surface area contributed by atoms with E-state index in [1.54, 1.807) is 11.8 Å². The molecular formula is C28H25O3PS. The van der Waals surface area contributed by atoms with Crippen LogP contribution in [0.15, 0.2) is 94.7 Å². The van der Waals surface area contributed by atoms with Gasteiger partial charge in [-0.25, -0.2) is 0 Å². The molecule has 0 bridgehead atoms. The second-order valence-corrected chi connectivity index (χ2v) is 10.3. The molecule has 1 N–H and O–H groups in total. The van der Waals surface area contributed by atoms with Gasteiger partial charge in [0.15, 0.2) is 0 Å². The second kappa shape index (κ2) is 9.61. The van der Waals surface area contributed by atoms with Crippen LogP contribution in [0.2, 0.25) is 0 Å². The molecule has 0 saturated carbocycles. The van der Waals surface area contributed by atoms with Gasteiger partial charge in [-0.15, -0.1) is 0 Å². The molecule has 0 saturated heterocycles. The predicted molar refractivity (Wildman–Crippen MR) is 135 cm³/mol. The van der Waals surface area contributed by atoms with E-state index in [4.69, 9.17) is 9.05 Å². The molecule has 0 fully saturated rings. The van der Waals surface area contributed by atoms with Crippen LogP contribution in [0.1, 0.15) is 33.4 Å². The molecule has 0 spiro atoms. The second-order valence-electron chi connectivity index (χ2n) is 8.35. The van der Waals surface area contributed by atoms with Gasteiger partial charge < -0.3 is 13.9 Å². The number of rotatable bonds is 4. The van der Waals surface area contributed by atoms with Crippen LogP contribution in [0.4, 0.5) is 0 Å². The molecule has 0 amide bonds. The summed E-state index contributed by atoms with van der Waals surface area (Å²) in [5.74, 6) is 1.42. The molecule has 0 radical (unpaired) electrons. The number of hydrogen-bond acceptors (Lipinski definition) is 4. The summed E-state index contributed by atoms with van der Waals surface area (Å²) >= 11 is 1.65. The summed E-state index contributed by atoms with van der Waals surface area (Å²) in [5.41, 5.74) is 6.83. The van der Waals surface area contributed by atoms with Crippen molar-refractivity contribution in [1.82, 2.24) is 0 Å². The lowest BCUT2D eigenvalue weighted by molar-refractivity contribution is 0.370. The van der Waals surface area contributed by atoms with Crippen LogP contribution in [0, 0.1) is 13.8 Å². The maximum atomic E-state index is 10.8. The molecule has 5 heteroatoms. The quantitative estimate of drug-likeness (QED) is 0.310. The predicted octanol–water partition coefficient (Wildman–Crippen LogP) is 7.63. The lowest BCUT2D eigenvalue weighted by Gasteiger charge is -2.25. The van der Waals surface area contributed by atoms with Gasteiger partial charge >= 0.3 is 8.60 Å². The highest BCUT2D eigenvalue weighted by atomic mass is 32.2. The minimum absolute atomic E-state index is 0.708. The van der Waals surface area contributed by atoms with Crippen molar-refractivity contribution in [1.29, 1.82) is 0 Å². The monoisotopic (exact) mass is 472 g/mol. The van der Waals surface area contributed by atoms with Gasteiger partial charge in [-0.1, -0.05) is 84.6 Å². The Labute approximate surface area is 200 Å². The first kappa shape index (κ1) is 22.0. The first-order chi connectivity index (χ1) is 16.0. The van der Waals surface area contributed by atoms with Gasteiger partial charge in [-0.2, -0.15) is 0 Å². The number of benzene rings is 4. The Morgan fingerprint density at radius 1 is 0.667 bits per heavy atom. The average molecular weight is 473 g/mol. The van der Waals surface area contributed by atoms with Crippen LogP contribution < -0.4 is 9.05 Å². The van der Waals surface area contributed by atoms with E-state index < -0.39 is 8.60 Å². The molecule has 1 aliphatic rings. The normalized spacial score (nSPS) is 13.2. The van der Waals surface area contributed by atoms with E-state index in [-0.39, 0.29) is 0 Å². The van der Waals surface area contributed by atoms with Crippen LogP contribution in [0.3, 0.4) is 0 Å². The smallest absolute Gasteiger partial charge is 0.416 e. The standard InChI is InChI=1S/C28H25O3PS/c1-19-13-23(17-21-9-5-3-6-10-21)27-25(15-19)33-26-16-20(2)14-24(28(26)31-32(29)30-27)18-22-11-7-4-8-12-22/h3-16,29H,17-18H2,1-2H3. The molecule has 166 valence electrons. The third-order valence-corrected chi connectivity index (χ3v) is 7.31. The lowest BCUT2D eigenvalue weighted by Crippen LogP contribution is -2.05. The maximum absolute atomic E-state index is 10.8. The SMILES string of the molecule is Cc1cc(Cc2ccccc2)c2c(c1)Sc1cc(C)cc(Cc3ccccc3)c1OP(O)O2. The minimum atomic E-state index is -2.12. The van der Waals surface area contributed by atoms with Crippen LogP contribution in [0.5, 0.6) is 11.5 Å². The molecule has 5 rings (SSSR count). The van der Waals surface area contributed by atoms with E-state index in [1.807, 2.05) is 36.4 Å². The van der Waals surface area contributed by atoms with E-state index in [9.17, 15) is 4.89 Å². The largest absolute Gasteiger partial charge is 0.460 e. The zero-order valence-corrected chi connectivity index (χ0v) is 20.3. The van der Waals surface area contributed by atoms with Crippen molar-refractivity contribution in [2.45, 2.75) is 36.5 Å². The first-order valence-electron chi connectivity index (χ1n) is 10.9. The van der Waals surface area contributed by atoms with Gasteiger partial charge in [0.1, 0.15) is 11.5 Å². The highest BCUT2D eigenvalue weighted by molar-refractivity contribution is 7.99. The topological polar surface area (TPSA) is 38.7 Å². The van der Waals surface area contributed by atoms with Crippen molar-refractivity contribution in [2.75, 3.05) is 0 Å². The van der Waals surface area contributed by atoms with Gasteiger partial charge in [0.05, 0.1) is 9.79 Å².